The van der Waals surface area contributed by atoms with Crippen LogP contribution in [0.1, 0.15) is 99.3 Å². The van der Waals surface area contributed by atoms with E-state index in [4.69, 9.17) is 9.47 Å². The van der Waals surface area contributed by atoms with Gasteiger partial charge in [0.15, 0.2) is 0 Å². The number of ketones is 1. The molecular weight excluding hydrogens is 953 g/mol. The van der Waals surface area contributed by atoms with Gasteiger partial charge in [0.2, 0.25) is 0 Å². The molecule has 6 unspecified atom stereocenters. The maximum atomic E-state index is 12.1. The van der Waals surface area contributed by atoms with Crippen molar-refractivity contribution in [1.29, 1.82) is 0 Å². The second-order valence-corrected chi connectivity index (χ2v) is 20.5. The van der Waals surface area contributed by atoms with E-state index in [1.54, 1.807) is 4.90 Å². The van der Waals surface area contributed by atoms with Crippen LogP contribution in [0.4, 0.5) is 9.59 Å². The molecule has 358 valence electrons. The minimum Gasteiger partial charge on any atom is -0.444 e. The lowest BCUT2D eigenvalue weighted by atomic mass is 10.0. The fraction of sp³-hybridized carbons (Fsp3) is 0.930. The van der Waals surface area contributed by atoms with Crippen LogP contribution < -0.4 is 10.6 Å². The monoisotopic (exact) mass is 1030 g/mol. The highest BCUT2D eigenvalue weighted by molar-refractivity contribution is 8.93. The lowest BCUT2D eigenvalue weighted by Crippen LogP contribution is -2.53. The number of carbonyl (C=O) groups excluding carboxylic acids is 3. The van der Waals surface area contributed by atoms with Crippen molar-refractivity contribution in [3.63, 3.8) is 0 Å². The molecule has 61 heavy (non-hydrogen) atoms. The Balaban J connectivity index is 0.000000286. The van der Waals surface area contributed by atoms with Gasteiger partial charge in [0, 0.05) is 127 Å². The third-order valence-corrected chi connectivity index (χ3v) is 13.8. The number of likely N-dealkylation sites (N-methyl/N-ethyl adjacent to an activating group) is 3. The number of nitrogens with zero attached hydrogens (tertiary/aromatic N) is 7. The molecule has 0 aromatic carbocycles. The number of hydrogen-bond acceptors (Lipinski definition) is 12. The number of likely N-dealkylation sites (tertiary alicyclic amines) is 7. The number of fused-ring (bicyclic) bond motifs is 6. The molecule has 9 heterocycles. The Morgan fingerprint density at radius 1 is 0.557 bits per heavy atom. The molecule has 0 aromatic heterocycles. The van der Waals surface area contributed by atoms with E-state index < -0.39 is 11.2 Å². The van der Waals surface area contributed by atoms with Gasteiger partial charge in [-0.3, -0.25) is 14.6 Å². The van der Waals surface area contributed by atoms with Gasteiger partial charge in [-0.15, -0.1) is 58.8 Å². The van der Waals surface area contributed by atoms with Crippen LogP contribution in [-0.4, -0.2) is 211 Å². The van der Waals surface area contributed by atoms with Crippen molar-refractivity contribution >= 4 is 76.7 Å². The average Bonchev–Trinajstić information content (AvgIpc) is 4.02. The van der Waals surface area contributed by atoms with E-state index in [9.17, 15) is 14.4 Å². The number of Topliss-reactive ketones (excluding diaryl/α,β-unsaturated/α-hetero) is 1. The summed E-state index contributed by atoms with van der Waals surface area (Å²) in [5, 5.41) is 6.90. The summed E-state index contributed by atoms with van der Waals surface area (Å²) in [5.41, 5.74) is -0.856. The number of piperidine rings is 3. The maximum Gasteiger partial charge on any atom is 0.410 e. The number of piperazine rings is 3. The zero-order chi connectivity index (χ0) is 41.1. The Morgan fingerprint density at radius 3 is 1.31 bits per heavy atom. The van der Waals surface area contributed by atoms with Crippen molar-refractivity contribution in [3.8, 4) is 0 Å². The third kappa shape index (κ3) is 16.1. The fourth-order valence-corrected chi connectivity index (χ4v) is 10.6. The molecule has 18 heteroatoms. The van der Waals surface area contributed by atoms with E-state index in [0.29, 0.717) is 32.0 Å². The van der Waals surface area contributed by atoms with Gasteiger partial charge in [0.1, 0.15) is 17.0 Å². The summed E-state index contributed by atoms with van der Waals surface area (Å²) in [4.78, 5) is 51.0. The molecule has 0 aromatic rings. The molecule has 0 saturated carbocycles. The third-order valence-electron chi connectivity index (χ3n) is 13.8. The van der Waals surface area contributed by atoms with Gasteiger partial charge in [-0.05, 0) is 121 Å². The van der Waals surface area contributed by atoms with E-state index in [0.717, 1.165) is 68.2 Å². The van der Waals surface area contributed by atoms with Crippen LogP contribution in [0.2, 0.25) is 0 Å². The summed E-state index contributed by atoms with van der Waals surface area (Å²) < 4.78 is 10.7. The predicted octanol–water partition coefficient (Wildman–Crippen LogP) is 5.15. The van der Waals surface area contributed by atoms with E-state index in [1.807, 2.05) is 46.4 Å². The summed E-state index contributed by atoms with van der Waals surface area (Å²) in [6, 6.07) is 6.50. The quantitative estimate of drug-likeness (QED) is 0.382. The molecular formula is C43H83Br2Cl2N9O5. The number of rotatable bonds is 2. The number of halogens is 4. The minimum absolute atomic E-state index is 0. The van der Waals surface area contributed by atoms with E-state index >= 15 is 0 Å². The van der Waals surface area contributed by atoms with Gasteiger partial charge in [0.25, 0.3) is 0 Å². The van der Waals surface area contributed by atoms with Crippen molar-refractivity contribution in [2.24, 2.45) is 0 Å². The maximum absolute atomic E-state index is 12.1. The van der Waals surface area contributed by atoms with Crippen molar-refractivity contribution in [3.05, 3.63) is 0 Å². The highest BCUT2D eigenvalue weighted by Crippen LogP contribution is 2.34. The van der Waals surface area contributed by atoms with Crippen LogP contribution >= 0.6 is 58.8 Å². The first-order chi connectivity index (χ1) is 26.9. The number of carbonyl (C=O) groups is 3. The van der Waals surface area contributed by atoms with Crippen LogP contribution in [0.5, 0.6) is 0 Å². The predicted molar refractivity (Wildman–Crippen MR) is 260 cm³/mol. The largest absolute Gasteiger partial charge is 0.444 e. The van der Waals surface area contributed by atoms with Crippen molar-refractivity contribution in [1.82, 2.24) is 44.9 Å². The van der Waals surface area contributed by atoms with Crippen LogP contribution in [0.25, 0.3) is 0 Å². The number of amides is 2. The molecule has 9 saturated heterocycles. The zero-order valence-electron chi connectivity index (χ0n) is 38.8. The standard InChI is InChI=1S/C16H29N3O2.C11H21N3.C10H17NO3.C6H12N2.2BrH.2ClH/c1-16(2,3)21-15(20)18-7-5-12(6-8-18)19-11-13-9-14(19)10-17(13)4;1-13-7-11-6-10(13)8-14(11)9-2-4-12-5-3-9;1-10(2,3)14-9(13)11-6-4-8(12)5-7-11;1-8-4-5-2-6(8)3-7-5;;;;/h12-14H,5-11H2,1-4H3;9-12H,2-8H2,1H3;4-7H2,1-3H3;5-7H,2-4H2,1H3;4*1H. The smallest absolute Gasteiger partial charge is 0.410 e. The number of hydrogen-bond donors (Lipinski definition) is 2. The Labute approximate surface area is 401 Å². The second kappa shape index (κ2) is 24.8. The first kappa shape index (κ1) is 56.6. The van der Waals surface area contributed by atoms with E-state index in [-0.39, 0.29) is 76.7 Å². The zero-order valence-corrected chi connectivity index (χ0v) is 43.8. The topological polar surface area (TPSA) is 116 Å². The summed E-state index contributed by atoms with van der Waals surface area (Å²) in [7, 11) is 6.74. The molecule has 0 spiro atoms. The van der Waals surface area contributed by atoms with Crippen LogP contribution in [0, 0.1) is 0 Å². The van der Waals surface area contributed by atoms with Gasteiger partial charge >= 0.3 is 12.2 Å². The molecule has 2 amide bonds. The Bertz CT molecular complexity index is 1350. The highest BCUT2D eigenvalue weighted by Gasteiger charge is 2.46. The molecule has 9 aliphatic heterocycles. The molecule has 14 nitrogen and oxygen atoms in total. The van der Waals surface area contributed by atoms with Gasteiger partial charge in [-0.2, -0.15) is 0 Å². The van der Waals surface area contributed by atoms with Crippen molar-refractivity contribution in [2.45, 2.75) is 159 Å². The fourth-order valence-electron chi connectivity index (χ4n) is 10.6. The van der Waals surface area contributed by atoms with Gasteiger partial charge < -0.3 is 44.6 Å². The summed E-state index contributed by atoms with van der Waals surface area (Å²) in [6.07, 6.45) is 9.52. The lowest BCUT2D eigenvalue weighted by Gasteiger charge is -2.42. The molecule has 9 rings (SSSR count). The van der Waals surface area contributed by atoms with Crippen molar-refractivity contribution in [2.75, 3.05) is 99.7 Å². The molecule has 6 atom stereocenters. The summed E-state index contributed by atoms with van der Waals surface area (Å²) >= 11 is 0. The Hall–Kier alpha value is -0.530. The van der Waals surface area contributed by atoms with E-state index in [1.165, 1.54) is 84.5 Å². The van der Waals surface area contributed by atoms with E-state index in [2.05, 4.69) is 56.3 Å². The average molecular weight is 1040 g/mol. The first-order valence-electron chi connectivity index (χ1n) is 22.5. The number of ether oxygens (including phenoxy) is 2. The lowest BCUT2D eigenvalue weighted by molar-refractivity contribution is -0.121. The normalized spacial score (nSPS) is 30.6. The van der Waals surface area contributed by atoms with Gasteiger partial charge in [0.05, 0.1) is 0 Å². The second-order valence-electron chi connectivity index (χ2n) is 20.5. The Morgan fingerprint density at radius 2 is 0.984 bits per heavy atom. The number of nitrogens with one attached hydrogen (secondary N) is 2. The molecule has 0 aliphatic carbocycles. The Kier molecular flexibility index (Phi) is 23.0. The van der Waals surface area contributed by atoms with Crippen molar-refractivity contribution < 1.29 is 23.9 Å². The molecule has 9 fully saturated rings. The van der Waals surface area contributed by atoms with Crippen LogP contribution in [0.15, 0.2) is 0 Å². The van der Waals surface area contributed by atoms with Crippen LogP contribution in [-0.2, 0) is 14.3 Å². The molecule has 9 aliphatic rings. The molecule has 6 bridgehead atoms. The summed E-state index contributed by atoms with van der Waals surface area (Å²) in [5.74, 6) is 0.227. The minimum atomic E-state index is -0.460. The first-order valence-corrected chi connectivity index (χ1v) is 22.5. The SMILES string of the molecule is Br.Br.CC(C)(C)OC(=O)N1CCC(=O)CC1.CN1CC2CC1CN2.CN1CC2CC1CN2C1CCN(C(=O)OC(C)(C)C)CC1.CN1CC2CC1CN2C1CCNCC1.Cl.Cl. The summed E-state index contributed by atoms with van der Waals surface area (Å²) in [6.45, 7) is 24.0. The highest BCUT2D eigenvalue weighted by atomic mass is 79.9. The molecule has 0 radical (unpaired) electrons. The van der Waals surface area contributed by atoms with Crippen LogP contribution in [0.3, 0.4) is 0 Å². The molecule has 2 N–H and O–H groups in total. The van der Waals surface area contributed by atoms with Gasteiger partial charge in [-0.1, -0.05) is 0 Å². The van der Waals surface area contributed by atoms with Gasteiger partial charge in [-0.25, -0.2) is 9.59 Å².